The first-order chi connectivity index (χ1) is 12.0. The number of nitrogens with zero attached hydrogens (tertiary/aromatic N) is 3. The van der Waals surface area contributed by atoms with Gasteiger partial charge in [-0.25, -0.2) is 9.78 Å². The van der Waals surface area contributed by atoms with Gasteiger partial charge in [-0.15, -0.1) is 0 Å². The minimum absolute atomic E-state index is 0.148. The van der Waals surface area contributed by atoms with E-state index in [1.165, 1.54) is 17.5 Å². The summed E-state index contributed by atoms with van der Waals surface area (Å²) in [4.78, 5) is 28.5. The SMILES string of the molecule is CCOC(=O)c1cnc2sc(COc3ccc(Cl)c(C)c3)nn2c1=O. The summed E-state index contributed by atoms with van der Waals surface area (Å²) in [6.07, 6.45) is 1.21. The lowest BCUT2D eigenvalue weighted by molar-refractivity contribution is 0.0523. The lowest BCUT2D eigenvalue weighted by atomic mass is 10.2. The maximum Gasteiger partial charge on any atom is 0.345 e. The lowest BCUT2D eigenvalue weighted by Gasteiger charge is -2.05. The molecule has 0 saturated carbocycles. The number of ether oxygens (including phenoxy) is 2. The van der Waals surface area contributed by atoms with Gasteiger partial charge in [0.25, 0.3) is 5.56 Å². The van der Waals surface area contributed by atoms with Gasteiger partial charge in [0, 0.05) is 5.02 Å². The number of aromatic nitrogens is 3. The Morgan fingerprint density at radius 2 is 2.20 bits per heavy atom. The molecule has 7 nitrogen and oxygen atoms in total. The van der Waals surface area contributed by atoms with Gasteiger partial charge in [0.1, 0.15) is 17.9 Å². The van der Waals surface area contributed by atoms with Crippen LogP contribution in [0, 0.1) is 6.92 Å². The first kappa shape index (κ1) is 17.4. The van der Waals surface area contributed by atoms with E-state index in [0.29, 0.717) is 20.7 Å². The first-order valence-corrected chi connectivity index (χ1v) is 8.63. The van der Waals surface area contributed by atoms with E-state index >= 15 is 0 Å². The molecule has 0 radical (unpaired) electrons. The zero-order valence-electron chi connectivity index (χ0n) is 13.5. The summed E-state index contributed by atoms with van der Waals surface area (Å²) in [5, 5.41) is 5.39. The average Bonchev–Trinajstić information content (AvgIpc) is 3.00. The molecule has 0 saturated heterocycles. The Bertz CT molecular complexity index is 999. The lowest BCUT2D eigenvalue weighted by Crippen LogP contribution is -2.24. The van der Waals surface area contributed by atoms with E-state index in [4.69, 9.17) is 21.1 Å². The fourth-order valence-corrected chi connectivity index (χ4v) is 2.97. The second-order valence-corrected chi connectivity index (χ2v) is 6.54. The van der Waals surface area contributed by atoms with Crippen molar-refractivity contribution in [3.05, 3.63) is 55.9 Å². The molecule has 0 aliphatic carbocycles. The molecule has 0 bridgehead atoms. The Hall–Kier alpha value is -2.45. The van der Waals surface area contributed by atoms with Crippen molar-refractivity contribution in [2.75, 3.05) is 6.61 Å². The molecule has 0 spiro atoms. The van der Waals surface area contributed by atoms with Crippen LogP contribution in [0.25, 0.3) is 4.96 Å². The summed E-state index contributed by atoms with van der Waals surface area (Å²) in [7, 11) is 0. The summed E-state index contributed by atoms with van der Waals surface area (Å²) in [6, 6.07) is 5.33. The molecule has 25 heavy (non-hydrogen) atoms. The maximum absolute atomic E-state index is 12.3. The predicted octanol–water partition coefficient (Wildman–Crippen LogP) is 2.87. The van der Waals surface area contributed by atoms with Gasteiger partial charge in [0.2, 0.25) is 4.96 Å². The van der Waals surface area contributed by atoms with Gasteiger partial charge in [-0.2, -0.15) is 9.61 Å². The molecule has 1 aromatic carbocycles. The number of fused-ring (bicyclic) bond motifs is 1. The zero-order valence-corrected chi connectivity index (χ0v) is 15.1. The van der Waals surface area contributed by atoms with Crippen LogP contribution in [0.2, 0.25) is 5.02 Å². The van der Waals surface area contributed by atoms with E-state index in [2.05, 4.69) is 10.1 Å². The molecule has 3 aromatic rings. The van der Waals surface area contributed by atoms with Crippen molar-refractivity contribution in [3.8, 4) is 5.75 Å². The van der Waals surface area contributed by atoms with Crippen LogP contribution >= 0.6 is 22.9 Å². The van der Waals surface area contributed by atoms with Gasteiger partial charge < -0.3 is 9.47 Å². The molecule has 2 aromatic heterocycles. The highest BCUT2D eigenvalue weighted by atomic mass is 35.5. The number of aryl methyl sites for hydroxylation is 1. The molecule has 9 heteroatoms. The number of hydrogen-bond acceptors (Lipinski definition) is 7. The molecule has 0 fully saturated rings. The van der Waals surface area contributed by atoms with Crippen LogP contribution in [0.4, 0.5) is 0 Å². The van der Waals surface area contributed by atoms with Crippen molar-refractivity contribution in [1.82, 2.24) is 14.6 Å². The van der Waals surface area contributed by atoms with Crippen molar-refractivity contribution in [3.63, 3.8) is 0 Å². The third-order valence-corrected chi connectivity index (χ3v) is 4.64. The molecule has 0 amide bonds. The summed E-state index contributed by atoms with van der Waals surface area (Å²) in [6.45, 7) is 3.90. The van der Waals surface area contributed by atoms with E-state index in [1.807, 2.05) is 13.0 Å². The quantitative estimate of drug-likeness (QED) is 0.634. The van der Waals surface area contributed by atoms with Crippen LogP contribution in [-0.4, -0.2) is 27.2 Å². The van der Waals surface area contributed by atoms with Crippen LogP contribution in [0.15, 0.2) is 29.2 Å². The monoisotopic (exact) mass is 379 g/mol. The van der Waals surface area contributed by atoms with Crippen LogP contribution in [-0.2, 0) is 11.3 Å². The van der Waals surface area contributed by atoms with Crippen LogP contribution in [0.5, 0.6) is 5.75 Å². The van der Waals surface area contributed by atoms with Crippen molar-refractivity contribution >= 4 is 33.9 Å². The van der Waals surface area contributed by atoms with E-state index in [-0.39, 0.29) is 18.8 Å². The van der Waals surface area contributed by atoms with Crippen molar-refractivity contribution in [2.45, 2.75) is 20.5 Å². The van der Waals surface area contributed by atoms with E-state index in [1.54, 1.807) is 19.1 Å². The molecule has 0 atom stereocenters. The van der Waals surface area contributed by atoms with Crippen LogP contribution in [0.3, 0.4) is 0 Å². The minimum atomic E-state index is -0.711. The summed E-state index contributed by atoms with van der Waals surface area (Å²) in [5.41, 5.74) is 0.194. The van der Waals surface area contributed by atoms with Gasteiger partial charge >= 0.3 is 5.97 Å². The van der Waals surface area contributed by atoms with Gasteiger partial charge in [0.15, 0.2) is 5.01 Å². The fourth-order valence-electron chi connectivity index (χ4n) is 2.08. The molecule has 130 valence electrons. The highest BCUT2D eigenvalue weighted by Gasteiger charge is 2.17. The number of esters is 1. The topological polar surface area (TPSA) is 82.8 Å². The first-order valence-electron chi connectivity index (χ1n) is 7.43. The standard InChI is InChI=1S/C16H14ClN3O4S/c1-3-23-15(22)11-7-18-16-20(14(11)21)19-13(25-16)8-24-10-4-5-12(17)9(2)6-10/h4-7H,3,8H2,1-2H3. The predicted molar refractivity (Wildman–Crippen MR) is 93.6 cm³/mol. The van der Waals surface area contributed by atoms with Gasteiger partial charge in [-0.05, 0) is 37.6 Å². The van der Waals surface area contributed by atoms with Crippen LogP contribution in [0.1, 0.15) is 27.9 Å². The third-order valence-electron chi connectivity index (χ3n) is 3.32. The highest BCUT2D eigenvalue weighted by molar-refractivity contribution is 7.16. The molecular formula is C16H14ClN3O4S. The van der Waals surface area contributed by atoms with Crippen molar-refractivity contribution in [2.24, 2.45) is 0 Å². The molecule has 0 aliphatic heterocycles. The largest absolute Gasteiger partial charge is 0.486 e. The Balaban J connectivity index is 1.83. The van der Waals surface area contributed by atoms with Crippen molar-refractivity contribution < 1.29 is 14.3 Å². The van der Waals surface area contributed by atoms with Gasteiger partial charge in [0.05, 0.1) is 12.8 Å². The van der Waals surface area contributed by atoms with Gasteiger partial charge in [-0.3, -0.25) is 4.79 Å². The molecule has 0 N–H and O–H groups in total. The number of carbonyl (C=O) groups excluding carboxylic acids is 1. The summed E-state index contributed by atoms with van der Waals surface area (Å²) < 4.78 is 11.6. The smallest absolute Gasteiger partial charge is 0.345 e. The van der Waals surface area contributed by atoms with Gasteiger partial charge in [-0.1, -0.05) is 22.9 Å². The molecule has 0 aliphatic rings. The van der Waals surface area contributed by atoms with Crippen LogP contribution < -0.4 is 10.3 Å². The summed E-state index contributed by atoms with van der Waals surface area (Å²) in [5.74, 6) is -0.0643. The second-order valence-electron chi connectivity index (χ2n) is 5.09. The normalized spacial score (nSPS) is 10.8. The molecule has 0 unspecified atom stereocenters. The molecule has 2 heterocycles. The Kier molecular flexibility index (Phi) is 5.00. The zero-order chi connectivity index (χ0) is 18.0. The Labute approximate surface area is 151 Å². The number of benzene rings is 1. The maximum atomic E-state index is 12.3. The second kappa shape index (κ2) is 7.20. The molecule has 3 rings (SSSR count). The number of halogens is 1. The Morgan fingerprint density at radius 1 is 1.40 bits per heavy atom. The average molecular weight is 380 g/mol. The highest BCUT2D eigenvalue weighted by Crippen LogP contribution is 2.22. The molecular weight excluding hydrogens is 366 g/mol. The Morgan fingerprint density at radius 3 is 2.92 bits per heavy atom. The van der Waals surface area contributed by atoms with E-state index in [0.717, 1.165) is 10.1 Å². The van der Waals surface area contributed by atoms with E-state index in [9.17, 15) is 9.59 Å². The summed E-state index contributed by atoms with van der Waals surface area (Å²) >= 11 is 7.19. The number of hydrogen-bond donors (Lipinski definition) is 0. The number of rotatable bonds is 5. The fraction of sp³-hybridized carbons (Fsp3) is 0.250. The van der Waals surface area contributed by atoms with E-state index < -0.39 is 11.5 Å². The number of carbonyl (C=O) groups is 1. The van der Waals surface area contributed by atoms with Crippen molar-refractivity contribution in [1.29, 1.82) is 0 Å². The minimum Gasteiger partial charge on any atom is -0.486 e. The third kappa shape index (κ3) is 3.64.